The molecule has 0 fully saturated rings. The maximum absolute atomic E-state index is 11.5. The molecule has 3 atom stereocenters. The highest BCUT2D eigenvalue weighted by atomic mass is 16.5. The zero-order valence-electron chi connectivity index (χ0n) is 29.3. The highest BCUT2D eigenvalue weighted by Gasteiger charge is 2.35. The van der Waals surface area contributed by atoms with Gasteiger partial charge in [0, 0.05) is 35.3 Å². The van der Waals surface area contributed by atoms with Gasteiger partial charge in [-0.1, -0.05) is 109 Å². The van der Waals surface area contributed by atoms with Gasteiger partial charge in [0.05, 0.1) is 0 Å². The second-order valence-electron chi connectivity index (χ2n) is 14.8. The maximum atomic E-state index is 11.5. The number of phenolic OH excluding ortho intramolecular Hbond substituents is 1. The quantitative estimate of drug-likeness (QED) is 0.178. The molecule has 3 aromatic carbocycles. The second kappa shape index (κ2) is 15.5. The summed E-state index contributed by atoms with van der Waals surface area (Å²) in [6.07, 6.45) is 13.8. The summed E-state index contributed by atoms with van der Waals surface area (Å²) in [5.74, 6) is 3.94. The fraction of sp³-hybridized carbons (Fsp3) is 0.610. The summed E-state index contributed by atoms with van der Waals surface area (Å²) in [6.45, 7) is 19.8. The molecule has 1 aliphatic rings. The van der Waals surface area contributed by atoms with Crippen molar-refractivity contribution in [1.29, 1.82) is 0 Å². The summed E-state index contributed by atoms with van der Waals surface area (Å²) in [6, 6.07) is 15.1. The van der Waals surface area contributed by atoms with Gasteiger partial charge >= 0.3 is 0 Å². The molecule has 3 heteroatoms. The third-order valence-corrected chi connectivity index (χ3v) is 10.5. The van der Waals surface area contributed by atoms with E-state index in [0.717, 1.165) is 66.0 Å². The number of fused-ring (bicyclic) bond motifs is 2. The predicted octanol–water partition coefficient (Wildman–Crippen LogP) is 11.7. The van der Waals surface area contributed by atoms with Crippen LogP contribution in [0.5, 0.6) is 11.5 Å². The van der Waals surface area contributed by atoms with E-state index in [2.05, 4.69) is 95.8 Å². The van der Waals surface area contributed by atoms with Gasteiger partial charge in [-0.3, -0.25) is 0 Å². The summed E-state index contributed by atoms with van der Waals surface area (Å²) >= 11 is 0. The minimum atomic E-state index is -0.150. The third-order valence-electron chi connectivity index (χ3n) is 10.5. The van der Waals surface area contributed by atoms with Gasteiger partial charge in [0.2, 0.25) is 0 Å². The Morgan fingerprint density at radius 2 is 1.48 bits per heavy atom. The summed E-state index contributed by atoms with van der Waals surface area (Å²) in [7, 11) is 0. The Morgan fingerprint density at radius 3 is 2.16 bits per heavy atom. The Labute approximate surface area is 269 Å². The van der Waals surface area contributed by atoms with E-state index in [0.29, 0.717) is 12.3 Å². The molecule has 1 N–H and O–H groups in total. The first kappa shape index (κ1) is 34.2. The number of aromatic hydroxyl groups is 1. The lowest BCUT2D eigenvalue weighted by atomic mass is 9.83. The van der Waals surface area contributed by atoms with Crippen molar-refractivity contribution in [2.45, 2.75) is 138 Å². The molecule has 0 aliphatic carbocycles. The van der Waals surface area contributed by atoms with Crippen LogP contribution in [0.3, 0.4) is 0 Å². The summed E-state index contributed by atoms with van der Waals surface area (Å²) in [4.78, 5) is 2.40. The average Bonchev–Trinajstić information content (AvgIpc) is 3.00. The van der Waals surface area contributed by atoms with Gasteiger partial charge in [0.15, 0.2) is 0 Å². The Morgan fingerprint density at radius 1 is 0.841 bits per heavy atom. The van der Waals surface area contributed by atoms with Crippen molar-refractivity contribution in [1.82, 2.24) is 0 Å². The highest BCUT2D eigenvalue weighted by molar-refractivity contribution is 5.94. The molecule has 3 nitrogen and oxygen atoms in total. The molecule has 0 radical (unpaired) electrons. The van der Waals surface area contributed by atoms with E-state index in [1.165, 1.54) is 73.4 Å². The minimum absolute atomic E-state index is 0.150. The van der Waals surface area contributed by atoms with E-state index in [9.17, 15) is 5.11 Å². The Kier molecular flexibility index (Phi) is 12.1. The standard InChI is InChI=1S/C41H61NO2/c1-9-42(38-24-14-22-34-21-10-11-23-35(34)38)28-37-36-25-27-41(8,44-40(36)33(7)32(6)39(37)43)26-15-20-31(5)19-13-18-30(4)17-12-16-29(2)3/h10-11,14,21-24,29-31,43H,9,12-13,15-20,25-28H2,1-8H3. The topological polar surface area (TPSA) is 32.7 Å². The van der Waals surface area contributed by atoms with E-state index in [1.807, 2.05) is 6.92 Å². The molecule has 1 heterocycles. The van der Waals surface area contributed by atoms with Crippen LogP contribution in [0, 0.1) is 31.6 Å². The van der Waals surface area contributed by atoms with Crippen LogP contribution >= 0.6 is 0 Å². The van der Waals surface area contributed by atoms with Crippen LogP contribution in [0.1, 0.15) is 128 Å². The summed E-state index contributed by atoms with van der Waals surface area (Å²) in [5.41, 5.74) is 5.35. The number of ether oxygens (including phenoxy) is 1. The van der Waals surface area contributed by atoms with E-state index >= 15 is 0 Å². The van der Waals surface area contributed by atoms with E-state index in [4.69, 9.17) is 4.74 Å². The van der Waals surface area contributed by atoms with Gasteiger partial charge in [-0.25, -0.2) is 0 Å². The van der Waals surface area contributed by atoms with Crippen molar-refractivity contribution >= 4 is 16.5 Å². The van der Waals surface area contributed by atoms with Gasteiger partial charge in [-0.05, 0) is 93.7 Å². The lowest BCUT2D eigenvalue weighted by Crippen LogP contribution is -2.37. The van der Waals surface area contributed by atoms with Crippen molar-refractivity contribution in [3.63, 3.8) is 0 Å². The fourth-order valence-corrected chi connectivity index (χ4v) is 7.36. The molecule has 44 heavy (non-hydrogen) atoms. The Bertz CT molecular complexity index is 1360. The Balaban J connectivity index is 1.38. The van der Waals surface area contributed by atoms with E-state index in [1.54, 1.807) is 0 Å². The number of benzene rings is 3. The fourth-order valence-electron chi connectivity index (χ4n) is 7.36. The molecular weight excluding hydrogens is 538 g/mol. The number of phenols is 1. The normalized spacial score (nSPS) is 17.8. The maximum Gasteiger partial charge on any atom is 0.127 e. The highest BCUT2D eigenvalue weighted by Crippen LogP contribution is 2.46. The summed E-state index contributed by atoms with van der Waals surface area (Å²) < 4.78 is 6.94. The van der Waals surface area contributed by atoms with Gasteiger partial charge < -0.3 is 14.7 Å². The van der Waals surface area contributed by atoms with Crippen LogP contribution in [-0.4, -0.2) is 17.3 Å². The van der Waals surface area contributed by atoms with Crippen molar-refractivity contribution < 1.29 is 9.84 Å². The molecule has 0 saturated heterocycles. The van der Waals surface area contributed by atoms with Crippen LogP contribution in [0.25, 0.3) is 10.8 Å². The van der Waals surface area contributed by atoms with Gasteiger partial charge in [0.1, 0.15) is 17.1 Å². The number of hydrogen-bond donors (Lipinski definition) is 1. The molecule has 3 unspecified atom stereocenters. The molecule has 242 valence electrons. The SMILES string of the molecule is CCN(Cc1c(O)c(C)c(C)c2c1CCC(C)(CCCC(C)CCCC(C)CCCC(C)C)O2)c1cccc2ccccc12. The Hall–Kier alpha value is -2.68. The number of rotatable bonds is 16. The van der Waals surface area contributed by atoms with Crippen LogP contribution in [0.2, 0.25) is 0 Å². The van der Waals surface area contributed by atoms with E-state index in [-0.39, 0.29) is 5.60 Å². The minimum Gasteiger partial charge on any atom is -0.507 e. The zero-order valence-corrected chi connectivity index (χ0v) is 29.3. The lowest BCUT2D eigenvalue weighted by molar-refractivity contribution is 0.0510. The zero-order chi connectivity index (χ0) is 31.9. The van der Waals surface area contributed by atoms with Crippen molar-refractivity contribution in [2.24, 2.45) is 17.8 Å². The van der Waals surface area contributed by atoms with Gasteiger partial charge in [-0.2, -0.15) is 0 Å². The molecule has 1 aliphatic heterocycles. The molecule has 4 rings (SSSR count). The van der Waals surface area contributed by atoms with Gasteiger partial charge in [-0.15, -0.1) is 0 Å². The first-order valence-electron chi connectivity index (χ1n) is 17.8. The van der Waals surface area contributed by atoms with Gasteiger partial charge in [0.25, 0.3) is 0 Å². The van der Waals surface area contributed by atoms with Crippen molar-refractivity contribution in [3.05, 3.63) is 64.7 Å². The monoisotopic (exact) mass is 599 g/mol. The first-order chi connectivity index (χ1) is 21.0. The number of hydrogen-bond acceptors (Lipinski definition) is 3. The van der Waals surface area contributed by atoms with Crippen LogP contribution in [0.4, 0.5) is 5.69 Å². The molecule has 0 saturated carbocycles. The van der Waals surface area contributed by atoms with E-state index < -0.39 is 0 Å². The van der Waals surface area contributed by atoms with Crippen LogP contribution in [0.15, 0.2) is 42.5 Å². The molecule has 0 aromatic heterocycles. The molecule has 0 amide bonds. The summed E-state index contributed by atoms with van der Waals surface area (Å²) in [5, 5.41) is 14.0. The van der Waals surface area contributed by atoms with Crippen LogP contribution in [-0.2, 0) is 13.0 Å². The van der Waals surface area contributed by atoms with Crippen molar-refractivity contribution in [2.75, 3.05) is 11.4 Å². The molecule has 0 bridgehead atoms. The number of anilines is 1. The largest absolute Gasteiger partial charge is 0.507 e. The molecular formula is C41H61NO2. The molecule has 3 aromatic rings. The first-order valence-corrected chi connectivity index (χ1v) is 17.8. The number of nitrogens with zero attached hydrogens (tertiary/aromatic N) is 1. The van der Waals surface area contributed by atoms with Crippen molar-refractivity contribution in [3.8, 4) is 11.5 Å². The average molecular weight is 600 g/mol. The molecule has 0 spiro atoms. The van der Waals surface area contributed by atoms with Crippen LogP contribution < -0.4 is 9.64 Å². The second-order valence-corrected chi connectivity index (χ2v) is 14.8. The third kappa shape index (κ3) is 8.52. The predicted molar refractivity (Wildman–Crippen MR) is 190 cm³/mol. The lowest BCUT2D eigenvalue weighted by Gasteiger charge is -2.39. The smallest absolute Gasteiger partial charge is 0.127 e.